The van der Waals surface area contributed by atoms with Crippen molar-refractivity contribution in [2.45, 2.75) is 27.3 Å². The fraction of sp³-hybridized carbons (Fsp3) is 0.429. The molecule has 5 heteroatoms. The van der Waals surface area contributed by atoms with Crippen molar-refractivity contribution < 1.29 is 0 Å². The van der Waals surface area contributed by atoms with Gasteiger partial charge in [0.15, 0.2) is 0 Å². The maximum Gasteiger partial charge on any atom is 0.0969 e. The molecule has 2 aromatic rings. The minimum Gasteiger partial charge on any atom is -0.311 e. The van der Waals surface area contributed by atoms with Crippen LogP contribution in [-0.4, -0.2) is 21.5 Å². The summed E-state index contributed by atoms with van der Waals surface area (Å²) in [6, 6.07) is 5.75. The quantitative estimate of drug-likeness (QED) is 0.914. The number of nitrogens with one attached hydrogen (secondary N) is 1. The third-order valence-corrected chi connectivity index (χ3v) is 3.04. The van der Waals surface area contributed by atoms with Crippen LogP contribution in [0.15, 0.2) is 24.4 Å². The Morgan fingerprint density at radius 2 is 2.16 bits per heavy atom. The monoisotopic (exact) mass is 278 g/mol. The highest BCUT2D eigenvalue weighted by Crippen LogP contribution is 2.18. The summed E-state index contributed by atoms with van der Waals surface area (Å²) < 4.78 is 1.79. The molecule has 0 spiro atoms. The largest absolute Gasteiger partial charge is 0.311 e. The minimum absolute atomic E-state index is 0.633. The summed E-state index contributed by atoms with van der Waals surface area (Å²) in [5.74, 6) is 0.633. The van der Waals surface area contributed by atoms with Crippen molar-refractivity contribution in [1.82, 2.24) is 20.3 Å². The zero-order valence-corrected chi connectivity index (χ0v) is 12.3. The maximum absolute atomic E-state index is 5.95. The predicted molar refractivity (Wildman–Crippen MR) is 77.7 cm³/mol. The third kappa shape index (κ3) is 3.78. The fourth-order valence-electron chi connectivity index (χ4n) is 1.86. The normalized spacial score (nSPS) is 11.2. The van der Waals surface area contributed by atoms with Crippen LogP contribution in [0.2, 0.25) is 5.02 Å². The first-order valence-corrected chi connectivity index (χ1v) is 6.82. The molecule has 2 rings (SSSR count). The zero-order valence-electron chi connectivity index (χ0n) is 11.5. The van der Waals surface area contributed by atoms with Crippen molar-refractivity contribution >= 4 is 11.6 Å². The Morgan fingerprint density at radius 3 is 2.84 bits per heavy atom. The summed E-state index contributed by atoms with van der Waals surface area (Å²) in [4.78, 5) is 0. The number of halogens is 1. The van der Waals surface area contributed by atoms with Crippen LogP contribution in [0.1, 0.15) is 25.1 Å². The van der Waals surface area contributed by atoms with E-state index in [1.807, 2.05) is 31.3 Å². The van der Waals surface area contributed by atoms with Crippen LogP contribution in [0.5, 0.6) is 0 Å². The first-order chi connectivity index (χ1) is 9.06. The summed E-state index contributed by atoms with van der Waals surface area (Å²) in [6.07, 6.45) is 1.95. The predicted octanol–water partition coefficient (Wildman–Crippen LogP) is 2.97. The summed E-state index contributed by atoms with van der Waals surface area (Å²) in [5, 5.41) is 12.4. The molecule has 4 nitrogen and oxygen atoms in total. The minimum atomic E-state index is 0.633. The Balaban J connectivity index is 2.08. The van der Waals surface area contributed by atoms with Crippen molar-refractivity contribution in [3.63, 3.8) is 0 Å². The molecule has 0 fully saturated rings. The Morgan fingerprint density at radius 1 is 1.37 bits per heavy atom. The highest BCUT2D eigenvalue weighted by atomic mass is 35.5. The molecule has 0 aliphatic carbocycles. The molecule has 102 valence electrons. The van der Waals surface area contributed by atoms with Gasteiger partial charge in [-0.2, -0.15) is 0 Å². The van der Waals surface area contributed by atoms with Crippen molar-refractivity contribution in [3.05, 3.63) is 40.7 Å². The molecule has 0 aliphatic heterocycles. The van der Waals surface area contributed by atoms with E-state index in [-0.39, 0.29) is 0 Å². The second kappa shape index (κ2) is 6.17. The van der Waals surface area contributed by atoms with E-state index in [4.69, 9.17) is 11.6 Å². The first-order valence-electron chi connectivity index (χ1n) is 6.44. The Labute approximate surface area is 118 Å². The van der Waals surface area contributed by atoms with Gasteiger partial charge in [-0.15, -0.1) is 5.10 Å². The molecular formula is C14H19ClN4. The highest BCUT2D eigenvalue weighted by Gasteiger charge is 2.06. The Hall–Kier alpha value is -1.39. The highest BCUT2D eigenvalue weighted by molar-refractivity contribution is 6.30. The van der Waals surface area contributed by atoms with E-state index < -0.39 is 0 Å². The van der Waals surface area contributed by atoms with Crippen LogP contribution >= 0.6 is 11.6 Å². The van der Waals surface area contributed by atoms with Crippen molar-refractivity contribution in [1.29, 1.82) is 0 Å². The van der Waals surface area contributed by atoms with Gasteiger partial charge in [-0.3, -0.25) is 0 Å². The lowest BCUT2D eigenvalue weighted by Gasteiger charge is -2.05. The number of aryl methyl sites for hydroxylation is 1. The number of hydrogen-bond acceptors (Lipinski definition) is 3. The lowest BCUT2D eigenvalue weighted by atomic mass is 10.2. The fourth-order valence-corrected chi connectivity index (χ4v) is 2.09. The zero-order chi connectivity index (χ0) is 13.8. The number of rotatable bonds is 5. The van der Waals surface area contributed by atoms with Crippen LogP contribution < -0.4 is 5.32 Å². The molecule has 1 N–H and O–H groups in total. The Kier molecular flexibility index (Phi) is 4.56. The van der Waals surface area contributed by atoms with Gasteiger partial charge in [-0.05, 0) is 43.1 Å². The molecule has 19 heavy (non-hydrogen) atoms. The lowest BCUT2D eigenvalue weighted by molar-refractivity contribution is 0.548. The van der Waals surface area contributed by atoms with Gasteiger partial charge in [-0.1, -0.05) is 30.7 Å². The van der Waals surface area contributed by atoms with E-state index >= 15 is 0 Å². The number of benzene rings is 1. The summed E-state index contributed by atoms with van der Waals surface area (Å²) >= 11 is 5.95. The molecule has 1 aromatic carbocycles. The SMILES string of the molecule is Cc1cc(Cl)ccc1-n1cc(CNCC(C)C)nn1. The average Bonchev–Trinajstić information content (AvgIpc) is 2.77. The molecule has 1 aromatic heterocycles. The second-order valence-corrected chi connectivity index (χ2v) is 5.55. The molecule has 1 heterocycles. The number of hydrogen-bond donors (Lipinski definition) is 1. The van der Waals surface area contributed by atoms with Crippen LogP contribution in [0.4, 0.5) is 0 Å². The molecule has 0 amide bonds. The molecule has 0 saturated carbocycles. The maximum atomic E-state index is 5.95. The van der Waals surface area contributed by atoms with Gasteiger partial charge in [0.2, 0.25) is 0 Å². The van der Waals surface area contributed by atoms with Crippen LogP contribution in [0.3, 0.4) is 0 Å². The number of nitrogens with zero attached hydrogens (tertiary/aromatic N) is 3. The number of aromatic nitrogens is 3. The van der Waals surface area contributed by atoms with Gasteiger partial charge in [0.1, 0.15) is 0 Å². The van der Waals surface area contributed by atoms with E-state index in [2.05, 4.69) is 29.5 Å². The van der Waals surface area contributed by atoms with Crippen molar-refractivity contribution in [3.8, 4) is 5.69 Å². The molecule has 0 unspecified atom stereocenters. The summed E-state index contributed by atoms with van der Waals surface area (Å²) in [7, 11) is 0. The Bertz CT molecular complexity index is 548. The molecule has 0 aliphatic rings. The lowest BCUT2D eigenvalue weighted by Crippen LogP contribution is -2.19. The molecule has 0 bridgehead atoms. The summed E-state index contributed by atoms with van der Waals surface area (Å²) in [5.41, 5.74) is 3.03. The van der Waals surface area contributed by atoms with Crippen molar-refractivity contribution in [2.75, 3.05) is 6.54 Å². The van der Waals surface area contributed by atoms with E-state index in [0.717, 1.165) is 35.1 Å². The van der Waals surface area contributed by atoms with E-state index in [1.165, 1.54) is 0 Å². The topological polar surface area (TPSA) is 42.7 Å². The van der Waals surface area contributed by atoms with Gasteiger partial charge in [-0.25, -0.2) is 4.68 Å². The van der Waals surface area contributed by atoms with Crippen LogP contribution in [-0.2, 0) is 6.54 Å². The van der Waals surface area contributed by atoms with E-state index in [1.54, 1.807) is 4.68 Å². The second-order valence-electron chi connectivity index (χ2n) is 5.11. The van der Waals surface area contributed by atoms with Gasteiger partial charge < -0.3 is 5.32 Å². The molecule has 0 saturated heterocycles. The van der Waals surface area contributed by atoms with Gasteiger partial charge in [0, 0.05) is 11.6 Å². The van der Waals surface area contributed by atoms with E-state index in [9.17, 15) is 0 Å². The molecular weight excluding hydrogens is 260 g/mol. The third-order valence-electron chi connectivity index (χ3n) is 2.81. The van der Waals surface area contributed by atoms with Crippen LogP contribution in [0, 0.1) is 12.8 Å². The molecule has 0 radical (unpaired) electrons. The summed E-state index contributed by atoms with van der Waals surface area (Å²) in [6.45, 7) is 8.10. The van der Waals surface area contributed by atoms with Gasteiger partial charge in [0.25, 0.3) is 0 Å². The smallest absolute Gasteiger partial charge is 0.0969 e. The van der Waals surface area contributed by atoms with Gasteiger partial charge >= 0.3 is 0 Å². The van der Waals surface area contributed by atoms with Gasteiger partial charge in [0.05, 0.1) is 17.6 Å². The van der Waals surface area contributed by atoms with E-state index in [0.29, 0.717) is 5.92 Å². The van der Waals surface area contributed by atoms with Crippen LogP contribution in [0.25, 0.3) is 5.69 Å². The average molecular weight is 279 g/mol. The molecule has 0 atom stereocenters. The standard InChI is InChI=1S/C14H19ClN4/c1-10(2)7-16-8-13-9-19(18-17-13)14-5-4-12(15)6-11(14)3/h4-6,9-10,16H,7-8H2,1-3H3. The first kappa shape index (κ1) is 14.0. The van der Waals surface area contributed by atoms with Crippen molar-refractivity contribution in [2.24, 2.45) is 5.92 Å².